The molecule has 3 aromatic carbocycles. The predicted octanol–water partition coefficient (Wildman–Crippen LogP) is 5.82. The smallest absolute Gasteiger partial charge is 0.293 e. The van der Waals surface area contributed by atoms with Crippen molar-refractivity contribution in [3.8, 4) is 29.4 Å². The number of fused-ring (bicyclic) bond motifs is 1. The van der Waals surface area contributed by atoms with E-state index in [0.29, 0.717) is 28.6 Å². The van der Waals surface area contributed by atoms with Gasteiger partial charge in [-0.2, -0.15) is 0 Å². The summed E-state index contributed by atoms with van der Waals surface area (Å²) >= 11 is 0. The van der Waals surface area contributed by atoms with Gasteiger partial charge in [0.2, 0.25) is 5.82 Å². The molecule has 1 aromatic heterocycles. The highest BCUT2D eigenvalue weighted by Crippen LogP contribution is 2.30. The minimum atomic E-state index is -0.490. The predicted molar refractivity (Wildman–Crippen MR) is 128 cm³/mol. The summed E-state index contributed by atoms with van der Waals surface area (Å²) in [7, 11) is 0. The molecule has 0 fully saturated rings. The van der Waals surface area contributed by atoms with E-state index in [4.69, 9.17) is 11.2 Å². The van der Waals surface area contributed by atoms with Crippen LogP contribution in [0.1, 0.15) is 35.9 Å². The average molecular weight is 439 g/mol. The first-order valence-corrected chi connectivity index (χ1v) is 10.5. The molecule has 33 heavy (non-hydrogen) atoms. The van der Waals surface area contributed by atoms with Crippen molar-refractivity contribution in [2.45, 2.75) is 19.8 Å². The topological polar surface area (TPSA) is 64.1 Å². The minimum absolute atomic E-state index is 0.00653. The van der Waals surface area contributed by atoms with Crippen LogP contribution in [-0.4, -0.2) is 22.5 Å². The number of anilines is 1. The van der Waals surface area contributed by atoms with Crippen LogP contribution in [0.3, 0.4) is 0 Å². The number of carbonyl (C=O) groups excluding carboxylic acids is 1. The summed E-state index contributed by atoms with van der Waals surface area (Å²) in [6.07, 6.45) is 5.31. The van der Waals surface area contributed by atoms with E-state index in [-0.39, 0.29) is 18.2 Å². The lowest BCUT2D eigenvalue weighted by Gasteiger charge is -2.12. The van der Waals surface area contributed by atoms with E-state index in [2.05, 4.69) is 35.1 Å². The van der Waals surface area contributed by atoms with Gasteiger partial charge in [-0.3, -0.25) is 4.79 Å². The van der Waals surface area contributed by atoms with E-state index in [1.54, 1.807) is 12.1 Å². The zero-order chi connectivity index (χ0) is 23.4. The van der Waals surface area contributed by atoms with Gasteiger partial charge in [0.05, 0.1) is 11.2 Å². The maximum absolute atomic E-state index is 13.2. The zero-order valence-corrected chi connectivity index (χ0v) is 18.3. The summed E-state index contributed by atoms with van der Waals surface area (Å²) in [5, 5.41) is 3.45. The molecule has 0 aliphatic heterocycles. The highest BCUT2D eigenvalue weighted by atomic mass is 19.1. The molecule has 4 aromatic rings. The number of benzene rings is 3. The quantitative estimate of drug-likeness (QED) is 0.384. The number of rotatable bonds is 6. The number of terminal acetylenes is 1. The van der Waals surface area contributed by atoms with Crippen molar-refractivity contribution in [3.63, 3.8) is 0 Å². The monoisotopic (exact) mass is 439 g/mol. The fourth-order valence-corrected chi connectivity index (χ4v) is 3.39. The summed E-state index contributed by atoms with van der Waals surface area (Å²) < 4.78 is 18.8. The first-order valence-electron chi connectivity index (χ1n) is 10.5. The third kappa shape index (κ3) is 4.99. The number of halogens is 1. The van der Waals surface area contributed by atoms with Gasteiger partial charge in [-0.1, -0.05) is 44.0 Å². The Morgan fingerprint density at radius 2 is 1.79 bits per heavy atom. The van der Waals surface area contributed by atoms with Gasteiger partial charge in [0, 0.05) is 16.6 Å². The number of nitrogens with one attached hydrogen (secondary N) is 1. The molecule has 0 unspecified atom stereocenters. The summed E-state index contributed by atoms with van der Waals surface area (Å²) in [5.41, 5.74) is 3.68. The number of hydrogen-bond acceptors (Lipinski definition) is 4. The molecule has 0 saturated carbocycles. The molecule has 5 nitrogen and oxygen atoms in total. The molecule has 164 valence electrons. The van der Waals surface area contributed by atoms with Gasteiger partial charge in [0.15, 0.2) is 0 Å². The van der Waals surface area contributed by atoms with Gasteiger partial charge >= 0.3 is 0 Å². The standard InChI is InChI=1S/C27H22FN3O2/c1-4-15-33-22-13-14-24-23(16-22)25(19-7-5-18(6-8-19)17(2)3)31-26(30-24)27(32)29-21-11-9-20(28)10-12-21/h1,5-14,16-17H,15H2,2-3H3,(H,29,32). The molecule has 1 N–H and O–H groups in total. The van der Waals surface area contributed by atoms with Crippen molar-refractivity contribution in [1.82, 2.24) is 9.97 Å². The van der Waals surface area contributed by atoms with E-state index in [1.807, 2.05) is 30.3 Å². The first-order chi connectivity index (χ1) is 15.9. The number of nitrogens with zero attached hydrogens (tertiary/aromatic N) is 2. The molecule has 0 spiro atoms. The second-order valence-corrected chi connectivity index (χ2v) is 7.81. The Bertz CT molecular complexity index is 1340. The Morgan fingerprint density at radius 3 is 2.45 bits per heavy atom. The maximum Gasteiger partial charge on any atom is 0.293 e. The normalized spacial score (nSPS) is 10.8. The number of aromatic nitrogens is 2. The molecule has 0 aliphatic carbocycles. The summed E-state index contributed by atoms with van der Waals surface area (Å²) in [5.74, 6) is 2.56. The van der Waals surface area contributed by atoms with E-state index < -0.39 is 5.91 Å². The Labute approximate surface area is 191 Å². The van der Waals surface area contributed by atoms with Crippen molar-refractivity contribution in [2.24, 2.45) is 0 Å². The number of carbonyl (C=O) groups is 1. The van der Waals surface area contributed by atoms with Crippen LogP contribution in [0.4, 0.5) is 10.1 Å². The molecular weight excluding hydrogens is 417 g/mol. The van der Waals surface area contributed by atoms with Crippen LogP contribution in [0.5, 0.6) is 5.75 Å². The molecule has 1 amide bonds. The zero-order valence-electron chi connectivity index (χ0n) is 18.3. The summed E-state index contributed by atoms with van der Waals surface area (Å²) in [6, 6.07) is 18.9. The lowest BCUT2D eigenvalue weighted by atomic mass is 9.99. The fraction of sp³-hybridized carbons (Fsp3) is 0.148. The van der Waals surface area contributed by atoms with Crippen LogP contribution < -0.4 is 10.1 Å². The van der Waals surface area contributed by atoms with Crippen molar-refractivity contribution in [3.05, 3.63) is 83.9 Å². The van der Waals surface area contributed by atoms with Crippen LogP contribution in [-0.2, 0) is 0 Å². The lowest BCUT2D eigenvalue weighted by molar-refractivity contribution is 0.101. The van der Waals surface area contributed by atoms with E-state index >= 15 is 0 Å². The molecule has 0 atom stereocenters. The molecule has 0 bridgehead atoms. The van der Waals surface area contributed by atoms with Crippen molar-refractivity contribution >= 4 is 22.5 Å². The van der Waals surface area contributed by atoms with Crippen LogP contribution in [0.25, 0.3) is 22.2 Å². The van der Waals surface area contributed by atoms with Gasteiger partial charge in [-0.15, -0.1) is 6.42 Å². The number of amides is 1. The number of hydrogen-bond donors (Lipinski definition) is 1. The summed E-state index contributed by atoms with van der Waals surface area (Å²) in [6.45, 7) is 4.40. The van der Waals surface area contributed by atoms with E-state index in [9.17, 15) is 9.18 Å². The maximum atomic E-state index is 13.2. The molecule has 0 saturated heterocycles. The number of ether oxygens (including phenoxy) is 1. The minimum Gasteiger partial charge on any atom is -0.481 e. The van der Waals surface area contributed by atoms with Crippen molar-refractivity contribution in [1.29, 1.82) is 0 Å². The van der Waals surface area contributed by atoms with Crippen LogP contribution >= 0.6 is 0 Å². The SMILES string of the molecule is C#CCOc1ccc2nc(C(=O)Nc3ccc(F)cc3)nc(-c3ccc(C(C)C)cc3)c2c1. The van der Waals surface area contributed by atoms with E-state index in [0.717, 1.165) is 10.9 Å². The Kier molecular flexibility index (Phi) is 6.32. The molecular formula is C27H22FN3O2. The molecule has 6 heteroatoms. The molecule has 4 rings (SSSR count). The third-order valence-electron chi connectivity index (χ3n) is 5.15. The molecule has 1 heterocycles. The van der Waals surface area contributed by atoms with Crippen molar-refractivity contribution < 1.29 is 13.9 Å². The van der Waals surface area contributed by atoms with Gasteiger partial charge in [-0.25, -0.2) is 14.4 Å². The largest absolute Gasteiger partial charge is 0.481 e. The van der Waals surface area contributed by atoms with Gasteiger partial charge < -0.3 is 10.1 Å². The second kappa shape index (κ2) is 9.49. The molecule has 0 aliphatic rings. The summed E-state index contributed by atoms with van der Waals surface area (Å²) in [4.78, 5) is 21.9. The average Bonchev–Trinajstić information content (AvgIpc) is 2.83. The molecule has 0 radical (unpaired) electrons. The first kappa shape index (κ1) is 22.0. The highest BCUT2D eigenvalue weighted by Gasteiger charge is 2.17. The van der Waals surface area contributed by atoms with Gasteiger partial charge in [0.1, 0.15) is 18.2 Å². The Hall–Kier alpha value is -4.24. The van der Waals surface area contributed by atoms with Crippen LogP contribution in [0, 0.1) is 18.2 Å². The highest BCUT2D eigenvalue weighted by molar-refractivity contribution is 6.04. The van der Waals surface area contributed by atoms with Crippen LogP contribution in [0.15, 0.2) is 66.7 Å². The lowest BCUT2D eigenvalue weighted by Crippen LogP contribution is -2.16. The second-order valence-electron chi connectivity index (χ2n) is 7.81. The van der Waals surface area contributed by atoms with Gasteiger partial charge in [0.25, 0.3) is 5.91 Å². The Morgan fingerprint density at radius 1 is 1.06 bits per heavy atom. The van der Waals surface area contributed by atoms with E-state index in [1.165, 1.54) is 29.8 Å². The third-order valence-corrected chi connectivity index (χ3v) is 5.15. The van der Waals surface area contributed by atoms with Crippen LogP contribution in [0.2, 0.25) is 0 Å². The Balaban J connectivity index is 1.79. The van der Waals surface area contributed by atoms with Crippen molar-refractivity contribution in [2.75, 3.05) is 11.9 Å². The fourth-order valence-electron chi connectivity index (χ4n) is 3.39. The van der Waals surface area contributed by atoms with Gasteiger partial charge in [-0.05, 0) is 53.9 Å².